The lowest BCUT2D eigenvalue weighted by Crippen LogP contribution is -2.10. The first-order chi connectivity index (χ1) is 32.2. The van der Waals surface area contributed by atoms with Gasteiger partial charge in [-0.2, -0.15) is 0 Å². The second-order valence-corrected chi connectivity index (χ2v) is 18.9. The van der Waals surface area contributed by atoms with Crippen molar-refractivity contribution in [3.8, 4) is 0 Å². The molecule has 65 heavy (non-hydrogen) atoms. The second-order valence-electron chi connectivity index (χ2n) is 18.9. The zero-order valence-corrected chi connectivity index (χ0v) is 36.9. The monoisotopic (exact) mass is 833 g/mol. The molecule has 11 aromatic rings. The van der Waals surface area contributed by atoms with Crippen LogP contribution in [0.5, 0.6) is 0 Å². The maximum absolute atomic E-state index is 2.47. The standard InChI is InChI=1S/C64H51N/c1-3-10-44(11-4-1)40-46-24-22-42(23-25-46)20-21-43-26-30-49(31-27-43)65(50-32-28-47(29-33-50)41-45-12-5-2-6-13-45)60-39-38-54-58-37-35-56-52-17-8-15-48-14-7-16-51(61(48)52)55-34-36-57(64(58)63(55)56)53-18-9-19-59(60)62(53)54/h7-9,14-41H,1-6,10-13H2/b21-20+. The van der Waals surface area contributed by atoms with Crippen LogP contribution in [0.15, 0.2) is 175 Å². The molecule has 2 aliphatic carbocycles. The SMILES string of the molecule is C(=C1CCCCC1)c1ccc(/C=C/c2ccc(N(c3ccc(C=C4CCCCC4)cc3)c3ccc4c5ccc6c7cccc8cccc(c9ccc(c%10cccc3c%104)c5c96)c87)cc2)cc1. The van der Waals surface area contributed by atoms with Gasteiger partial charge in [0.25, 0.3) is 0 Å². The van der Waals surface area contributed by atoms with Crippen LogP contribution in [0.1, 0.15) is 86.5 Å². The molecule has 0 N–H and O–H groups in total. The maximum atomic E-state index is 2.47. The van der Waals surface area contributed by atoms with Crippen LogP contribution >= 0.6 is 0 Å². The smallest absolute Gasteiger partial charge is 0.0540 e. The number of fused-ring (bicyclic) bond motifs is 4. The molecule has 2 aliphatic rings. The average Bonchev–Trinajstić information content (AvgIpc) is 3.36. The summed E-state index contributed by atoms with van der Waals surface area (Å²) in [6.07, 6.45) is 22.3. The number of anilines is 3. The van der Waals surface area contributed by atoms with Crippen molar-refractivity contribution in [3.05, 3.63) is 197 Å². The van der Waals surface area contributed by atoms with Gasteiger partial charge in [0.05, 0.1) is 5.69 Å². The van der Waals surface area contributed by atoms with E-state index in [1.54, 1.807) is 11.1 Å². The number of hydrogen-bond acceptors (Lipinski definition) is 1. The molecule has 0 aromatic heterocycles. The quantitative estimate of drug-likeness (QED) is 0.0878. The van der Waals surface area contributed by atoms with Crippen molar-refractivity contribution in [2.45, 2.75) is 64.2 Å². The van der Waals surface area contributed by atoms with Crippen LogP contribution in [0, 0.1) is 0 Å². The van der Waals surface area contributed by atoms with E-state index in [0.717, 1.165) is 11.4 Å². The summed E-state index contributed by atoms with van der Waals surface area (Å²) >= 11 is 0. The van der Waals surface area contributed by atoms with Gasteiger partial charge in [-0.25, -0.2) is 0 Å². The van der Waals surface area contributed by atoms with E-state index >= 15 is 0 Å². The molecule has 0 bridgehead atoms. The summed E-state index contributed by atoms with van der Waals surface area (Å²) in [5.74, 6) is 0. The van der Waals surface area contributed by atoms with Crippen LogP contribution in [-0.2, 0) is 0 Å². The molecule has 1 heteroatoms. The topological polar surface area (TPSA) is 3.24 Å². The van der Waals surface area contributed by atoms with Crippen LogP contribution in [-0.4, -0.2) is 0 Å². The lowest BCUT2D eigenvalue weighted by atomic mass is 9.84. The van der Waals surface area contributed by atoms with E-state index in [-0.39, 0.29) is 0 Å². The summed E-state index contributed by atoms with van der Waals surface area (Å²) < 4.78 is 0. The molecule has 2 saturated carbocycles. The highest BCUT2D eigenvalue weighted by atomic mass is 15.1. The molecule has 2 fully saturated rings. The van der Waals surface area contributed by atoms with E-state index < -0.39 is 0 Å². The van der Waals surface area contributed by atoms with Gasteiger partial charge in [-0.05, 0) is 174 Å². The predicted molar refractivity (Wildman–Crippen MR) is 284 cm³/mol. The Bertz CT molecular complexity index is 3560. The van der Waals surface area contributed by atoms with E-state index in [0.29, 0.717) is 0 Å². The van der Waals surface area contributed by atoms with Crippen LogP contribution in [0.3, 0.4) is 0 Å². The van der Waals surface area contributed by atoms with E-state index in [1.165, 1.54) is 168 Å². The number of allylic oxidation sites excluding steroid dienone is 2. The fourth-order valence-corrected chi connectivity index (χ4v) is 11.8. The highest BCUT2D eigenvalue weighted by Gasteiger charge is 2.22. The van der Waals surface area contributed by atoms with Gasteiger partial charge < -0.3 is 4.90 Å². The normalized spacial score (nSPS) is 15.0. The van der Waals surface area contributed by atoms with Crippen LogP contribution in [0.25, 0.3) is 99.7 Å². The van der Waals surface area contributed by atoms with Crippen molar-refractivity contribution in [2.75, 3.05) is 4.90 Å². The van der Waals surface area contributed by atoms with Crippen LogP contribution in [0.2, 0.25) is 0 Å². The minimum absolute atomic E-state index is 1.14. The third kappa shape index (κ3) is 6.59. The third-order valence-electron chi connectivity index (χ3n) is 14.9. The number of rotatable bonds is 7. The third-order valence-corrected chi connectivity index (χ3v) is 14.9. The van der Waals surface area contributed by atoms with E-state index in [2.05, 4.69) is 193 Å². The summed E-state index contributed by atoms with van der Waals surface area (Å²) in [6, 6.07) is 62.3. The summed E-state index contributed by atoms with van der Waals surface area (Å²) in [4.78, 5) is 2.47. The Morgan fingerprint density at radius 2 is 0.662 bits per heavy atom. The van der Waals surface area contributed by atoms with Gasteiger partial charge in [-0.1, -0.05) is 182 Å². The fraction of sp³-hybridized carbons (Fsp3) is 0.156. The zero-order valence-electron chi connectivity index (χ0n) is 36.9. The van der Waals surface area contributed by atoms with Gasteiger partial charge >= 0.3 is 0 Å². The molecule has 1 nitrogen and oxygen atoms in total. The summed E-state index contributed by atoms with van der Waals surface area (Å²) in [7, 11) is 0. The average molecular weight is 834 g/mol. The van der Waals surface area contributed by atoms with E-state index in [9.17, 15) is 0 Å². The summed E-state index contributed by atoms with van der Waals surface area (Å²) in [6.45, 7) is 0. The molecule has 0 heterocycles. The minimum atomic E-state index is 1.14. The van der Waals surface area contributed by atoms with Crippen molar-refractivity contribution in [1.29, 1.82) is 0 Å². The molecule has 312 valence electrons. The lowest BCUT2D eigenvalue weighted by molar-refractivity contribution is 0.602. The van der Waals surface area contributed by atoms with E-state index in [4.69, 9.17) is 0 Å². The Morgan fingerprint density at radius 1 is 0.292 bits per heavy atom. The predicted octanol–water partition coefficient (Wildman–Crippen LogP) is 19.0. The van der Waals surface area contributed by atoms with Crippen molar-refractivity contribution < 1.29 is 0 Å². The molecule has 0 radical (unpaired) electrons. The largest absolute Gasteiger partial charge is 0.310 e. The van der Waals surface area contributed by atoms with Gasteiger partial charge in [-0.3, -0.25) is 0 Å². The van der Waals surface area contributed by atoms with Crippen molar-refractivity contribution in [3.63, 3.8) is 0 Å². The van der Waals surface area contributed by atoms with Gasteiger partial charge in [-0.15, -0.1) is 0 Å². The first kappa shape index (κ1) is 38.3. The Labute approximate surface area is 381 Å². The first-order valence-electron chi connectivity index (χ1n) is 24.1. The fourth-order valence-electron chi connectivity index (χ4n) is 11.8. The first-order valence-corrected chi connectivity index (χ1v) is 24.1. The molecule has 0 atom stereocenters. The lowest BCUT2D eigenvalue weighted by Gasteiger charge is -2.28. The molecule has 0 spiro atoms. The highest BCUT2D eigenvalue weighted by Crippen LogP contribution is 2.49. The maximum Gasteiger partial charge on any atom is 0.0540 e. The van der Waals surface area contributed by atoms with Gasteiger partial charge in [0.15, 0.2) is 0 Å². The molecule has 11 aromatic carbocycles. The Kier molecular flexibility index (Phi) is 9.29. The van der Waals surface area contributed by atoms with Crippen LogP contribution in [0.4, 0.5) is 17.1 Å². The second kappa shape index (κ2) is 15.8. The van der Waals surface area contributed by atoms with Gasteiger partial charge in [0.1, 0.15) is 0 Å². The molecule has 0 amide bonds. The number of nitrogens with zero attached hydrogens (tertiary/aromatic N) is 1. The number of hydrogen-bond donors (Lipinski definition) is 0. The highest BCUT2D eigenvalue weighted by molar-refractivity contribution is 6.42. The van der Waals surface area contributed by atoms with Crippen LogP contribution < -0.4 is 4.90 Å². The summed E-state index contributed by atoms with van der Waals surface area (Å²) in [5.41, 5.74) is 11.7. The molecule has 13 rings (SSSR count). The van der Waals surface area contributed by atoms with Gasteiger partial charge in [0.2, 0.25) is 0 Å². The Balaban J connectivity index is 0.929. The molecule has 0 saturated heterocycles. The van der Waals surface area contributed by atoms with Crippen molar-refractivity contribution in [2.24, 2.45) is 0 Å². The minimum Gasteiger partial charge on any atom is -0.310 e. The Hall–Kier alpha value is -7.22. The van der Waals surface area contributed by atoms with Crippen molar-refractivity contribution in [1.82, 2.24) is 0 Å². The van der Waals surface area contributed by atoms with E-state index in [1.807, 2.05) is 0 Å². The molecular weight excluding hydrogens is 783 g/mol. The molecular formula is C64H51N. The van der Waals surface area contributed by atoms with Crippen molar-refractivity contribution >= 4 is 117 Å². The zero-order chi connectivity index (χ0) is 42.8. The molecule has 0 aliphatic heterocycles. The Morgan fingerprint density at radius 3 is 1.17 bits per heavy atom. The van der Waals surface area contributed by atoms with Gasteiger partial charge in [0, 0.05) is 16.8 Å². The molecule has 0 unspecified atom stereocenters. The number of benzene rings is 11. The summed E-state index contributed by atoms with van der Waals surface area (Å²) in [5, 5.41) is 18.6.